The molecule has 1 aromatic heterocycles. The quantitative estimate of drug-likeness (QED) is 0.414. The van der Waals surface area contributed by atoms with E-state index in [4.69, 9.17) is 46.4 Å². The molecular weight excluding hydrogens is 468 g/mol. The van der Waals surface area contributed by atoms with Gasteiger partial charge in [-0.3, -0.25) is 0 Å². The van der Waals surface area contributed by atoms with E-state index in [1.54, 1.807) is 36.4 Å². The van der Waals surface area contributed by atoms with Crippen molar-refractivity contribution in [3.05, 3.63) is 86.5 Å². The zero-order chi connectivity index (χ0) is 19.7. The molecule has 0 radical (unpaired) electrons. The Labute approximate surface area is 181 Å². The number of hydrogen-bond acceptors (Lipinski definition) is 3. The maximum atomic E-state index is 12.9. The van der Waals surface area contributed by atoms with Crippen molar-refractivity contribution in [2.45, 2.75) is 15.3 Å². The van der Waals surface area contributed by atoms with Crippen LogP contribution in [0.25, 0.3) is 0 Å². The van der Waals surface area contributed by atoms with Crippen LogP contribution in [0.2, 0.25) is 9.36 Å². The minimum absolute atomic E-state index is 0.0525. The number of sulfonamides is 1. The van der Waals surface area contributed by atoms with Gasteiger partial charge in [-0.25, -0.2) is 8.42 Å². The molecule has 3 aromatic rings. The molecule has 0 saturated carbocycles. The van der Waals surface area contributed by atoms with Gasteiger partial charge in [0.25, 0.3) is 0 Å². The van der Waals surface area contributed by atoms with Crippen LogP contribution < -0.4 is 4.72 Å². The molecule has 0 spiro atoms. The van der Waals surface area contributed by atoms with Gasteiger partial charge in [-0.2, -0.15) is 4.72 Å². The number of thiophene rings is 1. The molecule has 1 atom stereocenters. The fraction of sp³-hybridized carbons (Fsp3) is 0.111. The average molecular weight is 481 g/mol. The summed E-state index contributed by atoms with van der Waals surface area (Å²) in [5.41, 5.74) is 0.557. The summed E-state index contributed by atoms with van der Waals surface area (Å²) in [7, 11) is -3.92. The van der Waals surface area contributed by atoms with Crippen LogP contribution in [0, 0.1) is 0 Å². The Morgan fingerprint density at radius 3 is 2.07 bits per heavy atom. The summed E-state index contributed by atoms with van der Waals surface area (Å²) in [6, 6.07) is 17.1. The van der Waals surface area contributed by atoms with Gasteiger partial charge in [0.15, 0.2) is 4.33 Å². The van der Waals surface area contributed by atoms with Gasteiger partial charge in [-0.15, -0.1) is 11.3 Å². The largest absolute Gasteiger partial charge is 0.241 e. The second-order valence-electron chi connectivity index (χ2n) is 5.64. The molecule has 3 nitrogen and oxygen atoms in total. The van der Waals surface area contributed by atoms with Gasteiger partial charge in [0.1, 0.15) is 0 Å². The van der Waals surface area contributed by atoms with E-state index in [-0.39, 0.29) is 4.90 Å². The summed E-state index contributed by atoms with van der Waals surface area (Å²) in [4.78, 5) is 0.642. The van der Waals surface area contributed by atoms with Gasteiger partial charge in [0, 0.05) is 9.90 Å². The molecule has 1 unspecified atom stereocenters. The van der Waals surface area contributed by atoms with Crippen molar-refractivity contribution < 1.29 is 8.42 Å². The third-order valence-electron chi connectivity index (χ3n) is 3.80. The molecule has 3 rings (SSSR count). The number of rotatable bonds is 6. The Balaban J connectivity index is 2.04. The van der Waals surface area contributed by atoms with E-state index in [1.807, 2.05) is 6.07 Å². The summed E-state index contributed by atoms with van der Waals surface area (Å²) >= 11 is 26.4. The monoisotopic (exact) mass is 479 g/mol. The molecule has 0 aliphatic carbocycles. The third kappa shape index (κ3) is 4.80. The van der Waals surface area contributed by atoms with E-state index < -0.39 is 20.4 Å². The van der Waals surface area contributed by atoms with Crippen LogP contribution in [0.15, 0.2) is 71.6 Å². The molecule has 0 amide bonds. The normalized spacial score (nSPS) is 13.5. The number of hydrogen-bond donors (Lipinski definition) is 1. The second kappa shape index (κ2) is 8.29. The first-order valence-electron chi connectivity index (χ1n) is 7.66. The van der Waals surface area contributed by atoms with E-state index in [0.29, 0.717) is 19.8 Å². The summed E-state index contributed by atoms with van der Waals surface area (Å²) < 4.78 is 27.4. The second-order valence-corrected chi connectivity index (χ2v) is 10.9. The number of nitrogens with one attached hydrogen (secondary N) is 1. The highest BCUT2D eigenvalue weighted by atomic mass is 35.5. The zero-order valence-corrected chi connectivity index (χ0v) is 18.2. The van der Waals surface area contributed by atoms with Crippen LogP contribution >= 0.6 is 57.7 Å². The highest BCUT2D eigenvalue weighted by Crippen LogP contribution is 2.47. The molecule has 27 heavy (non-hydrogen) atoms. The van der Waals surface area contributed by atoms with Gasteiger partial charge in [0.05, 0.1) is 15.3 Å². The Kier molecular flexibility index (Phi) is 6.43. The minimum Gasteiger partial charge on any atom is -0.207 e. The van der Waals surface area contributed by atoms with Crippen LogP contribution in [-0.4, -0.2) is 8.42 Å². The predicted molar refractivity (Wildman–Crippen MR) is 114 cm³/mol. The van der Waals surface area contributed by atoms with Gasteiger partial charge in [-0.05, 0) is 42.0 Å². The number of alkyl halides is 2. The lowest BCUT2D eigenvalue weighted by Gasteiger charge is -2.30. The minimum atomic E-state index is -3.92. The van der Waals surface area contributed by atoms with E-state index in [0.717, 1.165) is 0 Å². The standard InChI is InChI=1S/C18H13Cl4NO2S2/c19-13-6-8-14(9-7-13)27(24,25)23-17(15-10-11-16(20)26-15)18(21,22)12-4-2-1-3-5-12/h1-11,17,23H. The smallest absolute Gasteiger partial charge is 0.207 e. The predicted octanol–water partition coefficient (Wildman–Crippen LogP) is 6.41. The highest BCUT2D eigenvalue weighted by Gasteiger charge is 2.41. The van der Waals surface area contributed by atoms with Gasteiger partial charge in [0.2, 0.25) is 10.0 Å². The molecular formula is C18H13Cl4NO2S2. The molecule has 142 valence electrons. The van der Waals surface area contributed by atoms with E-state index in [2.05, 4.69) is 4.72 Å². The summed E-state index contributed by atoms with van der Waals surface area (Å²) in [6.45, 7) is 0. The van der Waals surface area contributed by atoms with Crippen LogP contribution in [0.5, 0.6) is 0 Å². The summed E-state index contributed by atoms with van der Waals surface area (Å²) in [5.74, 6) is 0. The first-order chi connectivity index (χ1) is 12.7. The summed E-state index contributed by atoms with van der Waals surface area (Å²) in [5, 5.41) is 0.434. The zero-order valence-electron chi connectivity index (χ0n) is 13.6. The lowest BCUT2D eigenvalue weighted by molar-refractivity contribution is 0.537. The Bertz CT molecular complexity index is 1020. The summed E-state index contributed by atoms with van der Waals surface area (Å²) in [6.07, 6.45) is 0. The van der Waals surface area contributed by atoms with Crippen LogP contribution in [0.1, 0.15) is 16.5 Å². The maximum absolute atomic E-state index is 12.9. The fourth-order valence-corrected chi connectivity index (χ4v) is 5.94. The van der Waals surface area contributed by atoms with E-state index >= 15 is 0 Å². The fourth-order valence-electron chi connectivity index (χ4n) is 2.46. The van der Waals surface area contributed by atoms with Crippen molar-refractivity contribution in [3.63, 3.8) is 0 Å². The first kappa shape index (κ1) is 20.9. The molecule has 1 heterocycles. The molecule has 0 aliphatic rings. The molecule has 9 heteroatoms. The molecule has 0 bridgehead atoms. The lowest BCUT2D eigenvalue weighted by atomic mass is 10.0. The Morgan fingerprint density at radius 2 is 1.52 bits per heavy atom. The Hall–Kier alpha value is -0.790. The maximum Gasteiger partial charge on any atom is 0.241 e. The molecule has 2 aromatic carbocycles. The van der Waals surface area contributed by atoms with Crippen molar-refractivity contribution in [3.8, 4) is 0 Å². The number of benzene rings is 2. The SMILES string of the molecule is O=S(=O)(NC(c1ccc(Cl)s1)C(Cl)(Cl)c1ccccc1)c1ccc(Cl)cc1. The van der Waals surface area contributed by atoms with Crippen LogP contribution in [0.4, 0.5) is 0 Å². The van der Waals surface area contributed by atoms with E-state index in [9.17, 15) is 8.42 Å². The average Bonchev–Trinajstić information content (AvgIpc) is 3.07. The number of halogens is 4. The Morgan fingerprint density at radius 1 is 0.889 bits per heavy atom. The first-order valence-corrected chi connectivity index (χ1v) is 11.5. The van der Waals surface area contributed by atoms with Gasteiger partial charge < -0.3 is 0 Å². The van der Waals surface area contributed by atoms with Gasteiger partial charge >= 0.3 is 0 Å². The molecule has 0 aliphatic heterocycles. The van der Waals surface area contributed by atoms with Crippen molar-refractivity contribution in [1.82, 2.24) is 4.72 Å². The van der Waals surface area contributed by atoms with Crippen molar-refractivity contribution >= 4 is 67.8 Å². The van der Waals surface area contributed by atoms with Gasteiger partial charge in [-0.1, -0.05) is 76.7 Å². The van der Waals surface area contributed by atoms with Crippen molar-refractivity contribution in [2.75, 3.05) is 0 Å². The molecule has 0 fully saturated rings. The topological polar surface area (TPSA) is 46.2 Å². The third-order valence-corrected chi connectivity index (χ3v) is 7.66. The van der Waals surface area contributed by atoms with Crippen LogP contribution in [-0.2, 0) is 14.4 Å². The highest BCUT2D eigenvalue weighted by molar-refractivity contribution is 7.89. The van der Waals surface area contributed by atoms with Crippen molar-refractivity contribution in [2.24, 2.45) is 0 Å². The lowest BCUT2D eigenvalue weighted by Crippen LogP contribution is -2.37. The van der Waals surface area contributed by atoms with Crippen LogP contribution in [0.3, 0.4) is 0 Å². The molecule has 1 N–H and O–H groups in total. The van der Waals surface area contributed by atoms with Crippen molar-refractivity contribution in [1.29, 1.82) is 0 Å². The van der Waals surface area contributed by atoms with E-state index in [1.165, 1.54) is 35.6 Å². The molecule has 0 saturated heterocycles.